The lowest BCUT2D eigenvalue weighted by atomic mass is 10.3. The highest BCUT2D eigenvalue weighted by molar-refractivity contribution is 14.1. The van der Waals surface area contributed by atoms with Crippen molar-refractivity contribution in [1.82, 2.24) is 4.98 Å². The largest absolute Gasteiger partial charge is 0.505 e. The number of nitriles is 1. The Morgan fingerprint density at radius 3 is 2.69 bits per heavy atom. The zero-order valence-electron chi connectivity index (χ0n) is 6.13. The molecule has 0 saturated heterocycles. The van der Waals surface area contributed by atoms with E-state index in [2.05, 4.69) is 4.98 Å². The highest BCUT2D eigenvalue weighted by Crippen LogP contribution is 2.30. The molecule has 0 fully saturated rings. The quantitative estimate of drug-likeness (QED) is 0.808. The topological polar surface area (TPSA) is 56.9 Å². The molecule has 0 aliphatic rings. The predicted octanol–water partition coefficient (Wildman–Crippen LogP) is 2.20. The molecule has 0 unspecified atom stereocenters. The molecule has 1 aromatic heterocycles. The lowest BCUT2D eigenvalue weighted by molar-refractivity contribution is 0.141. The molecule has 1 heterocycles. The van der Waals surface area contributed by atoms with Gasteiger partial charge in [0.2, 0.25) is 0 Å². The minimum atomic E-state index is -2.87. The summed E-state index contributed by atoms with van der Waals surface area (Å²) < 4.78 is 24.6. The molecule has 1 N–H and O–H groups in total. The van der Waals surface area contributed by atoms with Crippen LogP contribution in [0.4, 0.5) is 8.78 Å². The molecule has 0 spiro atoms. The maximum atomic E-state index is 12.2. The number of nitrogens with zero attached hydrogens (tertiary/aromatic N) is 2. The van der Waals surface area contributed by atoms with Gasteiger partial charge in [0.1, 0.15) is 11.8 Å². The molecule has 68 valence electrons. The molecule has 0 radical (unpaired) electrons. The van der Waals surface area contributed by atoms with Gasteiger partial charge in [-0.15, -0.1) is 0 Å². The van der Waals surface area contributed by atoms with E-state index in [1.807, 2.05) is 0 Å². The van der Waals surface area contributed by atoms with Crippen LogP contribution in [0.3, 0.4) is 0 Å². The van der Waals surface area contributed by atoms with Crippen LogP contribution in [0.1, 0.15) is 17.8 Å². The average Bonchev–Trinajstić information content (AvgIpc) is 2.09. The fraction of sp³-hybridized carbons (Fsp3) is 0.143. The number of hydrogen-bond donors (Lipinski definition) is 1. The molecular weight excluding hydrogens is 293 g/mol. The smallest absolute Gasteiger partial charge is 0.284 e. The lowest BCUT2D eigenvalue weighted by Crippen LogP contribution is -1.96. The van der Waals surface area contributed by atoms with Crippen LogP contribution in [-0.2, 0) is 0 Å². The lowest BCUT2D eigenvalue weighted by Gasteiger charge is -2.04. The van der Waals surface area contributed by atoms with Gasteiger partial charge in [-0.05, 0) is 28.7 Å². The van der Waals surface area contributed by atoms with Gasteiger partial charge in [0.15, 0.2) is 11.4 Å². The van der Waals surface area contributed by atoms with Crippen molar-refractivity contribution in [3.63, 3.8) is 0 Å². The Balaban J connectivity index is 3.35. The molecular formula is C7H3F2IN2O. The Bertz CT molecular complexity index is 375. The minimum Gasteiger partial charge on any atom is -0.505 e. The summed E-state index contributed by atoms with van der Waals surface area (Å²) in [5, 5.41) is 17.5. The zero-order valence-corrected chi connectivity index (χ0v) is 8.29. The van der Waals surface area contributed by atoms with Crippen LogP contribution in [-0.4, -0.2) is 10.1 Å². The Kier molecular flexibility index (Phi) is 2.98. The fourth-order valence-corrected chi connectivity index (χ4v) is 1.31. The second-order valence-electron chi connectivity index (χ2n) is 2.14. The second kappa shape index (κ2) is 3.83. The summed E-state index contributed by atoms with van der Waals surface area (Å²) in [6.45, 7) is 0. The molecule has 3 nitrogen and oxygen atoms in total. The van der Waals surface area contributed by atoms with Crippen LogP contribution in [0.25, 0.3) is 0 Å². The van der Waals surface area contributed by atoms with Crippen LogP contribution >= 0.6 is 22.6 Å². The van der Waals surface area contributed by atoms with Gasteiger partial charge in [-0.2, -0.15) is 5.26 Å². The van der Waals surface area contributed by atoms with Crippen LogP contribution in [0.2, 0.25) is 0 Å². The average molecular weight is 296 g/mol. The fourth-order valence-electron chi connectivity index (χ4n) is 0.735. The summed E-state index contributed by atoms with van der Waals surface area (Å²) in [4.78, 5) is 3.29. The SMILES string of the molecule is N#Cc1cc(I)c(O)c(C(F)F)n1. The number of pyridine rings is 1. The number of hydrogen-bond acceptors (Lipinski definition) is 3. The monoisotopic (exact) mass is 296 g/mol. The van der Waals surface area contributed by atoms with Crippen molar-refractivity contribution in [3.8, 4) is 11.8 Å². The molecule has 0 atom stereocenters. The van der Waals surface area contributed by atoms with E-state index >= 15 is 0 Å². The highest BCUT2D eigenvalue weighted by Gasteiger charge is 2.18. The minimum absolute atomic E-state index is 0.127. The first-order chi connectivity index (χ1) is 6.06. The number of rotatable bonds is 1. The summed E-state index contributed by atoms with van der Waals surface area (Å²) in [5.74, 6) is -0.561. The molecule has 6 heteroatoms. The summed E-state index contributed by atoms with van der Waals surface area (Å²) in [6.07, 6.45) is -2.87. The van der Waals surface area contributed by atoms with Crippen molar-refractivity contribution in [1.29, 1.82) is 5.26 Å². The molecule has 0 aromatic carbocycles. The van der Waals surface area contributed by atoms with Crippen LogP contribution in [0.5, 0.6) is 5.75 Å². The first-order valence-electron chi connectivity index (χ1n) is 3.14. The highest BCUT2D eigenvalue weighted by atomic mass is 127. The number of aromatic hydroxyl groups is 1. The van der Waals surface area contributed by atoms with Gasteiger partial charge in [0.05, 0.1) is 3.57 Å². The van der Waals surface area contributed by atoms with Crippen LogP contribution in [0, 0.1) is 14.9 Å². The first kappa shape index (κ1) is 10.1. The third kappa shape index (κ3) is 2.03. The molecule has 1 aromatic rings. The van der Waals surface area contributed by atoms with Gasteiger partial charge in [-0.25, -0.2) is 13.8 Å². The third-order valence-corrected chi connectivity index (χ3v) is 2.12. The van der Waals surface area contributed by atoms with Gasteiger partial charge < -0.3 is 5.11 Å². The van der Waals surface area contributed by atoms with Crippen molar-refractivity contribution in [2.75, 3.05) is 0 Å². The molecule has 0 aliphatic heterocycles. The van der Waals surface area contributed by atoms with E-state index in [0.29, 0.717) is 0 Å². The molecule has 13 heavy (non-hydrogen) atoms. The van der Waals surface area contributed by atoms with E-state index in [1.54, 1.807) is 28.7 Å². The number of aromatic nitrogens is 1. The van der Waals surface area contributed by atoms with Gasteiger partial charge in [-0.1, -0.05) is 0 Å². The second-order valence-corrected chi connectivity index (χ2v) is 3.30. The number of halogens is 3. The first-order valence-corrected chi connectivity index (χ1v) is 4.21. The van der Waals surface area contributed by atoms with E-state index in [0.717, 1.165) is 0 Å². The molecule has 0 bridgehead atoms. The summed E-state index contributed by atoms with van der Waals surface area (Å²) in [7, 11) is 0. The van der Waals surface area contributed by atoms with Gasteiger partial charge >= 0.3 is 0 Å². The van der Waals surface area contributed by atoms with Crippen molar-refractivity contribution in [2.45, 2.75) is 6.43 Å². The maximum absolute atomic E-state index is 12.2. The van der Waals surface area contributed by atoms with E-state index < -0.39 is 17.9 Å². The van der Waals surface area contributed by atoms with Gasteiger partial charge in [-0.3, -0.25) is 0 Å². The summed E-state index contributed by atoms with van der Waals surface area (Å²) in [6, 6.07) is 2.87. The molecule has 0 amide bonds. The summed E-state index contributed by atoms with van der Waals surface area (Å²) in [5.41, 5.74) is -0.874. The van der Waals surface area contributed by atoms with Gasteiger partial charge in [0.25, 0.3) is 6.43 Å². The Morgan fingerprint density at radius 2 is 2.23 bits per heavy atom. The molecule has 1 rings (SSSR count). The Morgan fingerprint density at radius 1 is 1.62 bits per heavy atom. The standard InChI is InChI=1S/C7H3F2IN2O/c8-7(9)5-6(13)4(10)1-3(2-11)12-5/h1,7,13H. The van der Waals surface area contributed by atoms with Crippen molar-refractivity contribution >= 4 is 22.6 Å². The summed E-state index contributed by atoms with van der Waals surface area (Å²) >= 11 is 1.66. The van der Waals surface area contributed by atoms with Crippen molar-refractivity contribution < 1.29 is 13.9 Å². The van der Waals surface area contributed by atoms with E-state index in [4.69, 9.17) is 10.4 Å². The molecule has 0 saturated carbocycles. The van der Waals surface area contributed by atoms with Crippen LogP contribution in [0.15, 0.2) is 6.07 Å². The molecule has 0 aliphatic carbocycles. The Hall–Kier alpha value is -0.970. The van der Waals surface area contributed by atoms with E-state index in [1.165, 1.54) is 6.07 Å². The van der Waals surface area contributed by atoms with E-state index in [9.17, 15) is 8.78 Å². The van der Waals surface area contributed by atoms with Crippen molar-refractivity contribution in [2.24, 2.45) is 0 Å². The normalized spacial score (nSPS) is 10.1. The van der Waals surface area contributed by atoms with E-state index in [-0.39, 0.29) is 9.26 Å². The predicted molar refractivity (Wildman–Crippen MR) is 48.3 cm³/mol. The number of alkyl halides is 2. The maximum Gasteiger partial charge on any atom is 0.284 e. The zero-order chi connectivity index (χ0) is 10.0. The Labute approximate surface area is 86.2 Å². The van der Waals surface area contributed by atoms with Crippen molar-refractivity contribution in [3.05, 3.63) is 21.0 Å². The third-order valence-electron chi connectivity index (χ3n) is 1.29. The van der Waals surface area contributed by atoms with Crippen LogP contribution < -0.4 is 0 Å². The van der Waals surface area contributed by atoms with Gasteiger partial charge in [0, 0.05) is 0 Å².